The van der Waals surface area contributed by atoms with Gasteiger partial charge in [0.15, 0.2) is 9.84 Å². The molecule has 0 aliphatic carbocycles. The molecule has 1 amide bonds. The van der Waals surface area contributed by atoms with Crippen LogP contribution in [0.1, 0.15) is 12.0 Å². The van der Waals surface area contributed by atoms with Crippen molar-refractivity contribution in [3.05, 3.63) is 63.7 Å². The standard InChI is InChI=1S/C17H18INO3S/c18-15-8-10-16(11-9-15)19-17(20)13-23(21,22)12-4-7-14-5-2-1-3-6-14/h1-3,5-6,8-11H,4,7,12-13H2,(H,19,20). The van der Waals surface area contributed by atoms with Gasteiger partial charge in [0, 0.05) is 9.26 Å². The summed E-state index contributed by atoms with van der Waals surface area (Å²) in [7, 11) is -3.39. The van der Waals surface area contributed by atoms with E-state index in [0.717, 1.165) is 9.13 Å². The van der Waals surface area contributed by atoms with E-state index in [1.54, 1.807) is 12.1 Å². The first-order chi connectivity index (χ1) is 10.9. The van der Waals surface area contributed by atoms with Crippen molar-refractivity contribution < 1.29 is 13.2 Å². The number of carbonyl (C=O) groups excluding carboxylic acids is 1. The number of carbonyl (C=O) groups is 1. The lowest BCUT2D eigenvalue weighted by molar-refractivity contribution is -0.113. The van der Waals surface area contributed by atoms with E-state index in [1.807, 2.05) is 42.5 Å². The molecule has 0 atom stereocenters. The number of amides is 1. The van der Waals surface area contributed by atoms with Gasteiger partial charge in [0.05, 0.1) is 5.75 Å². The molecule has 0 aliphatic rings. The Bertz CT molecular complexity index is 743. The van der Waals surface area contributed by atoms with Gasteiger partial charge in [-0.1, -0.05) is 30.3 Å². The molecule has 2 rings (SSSR count). The first-order valence-electron chi connectivity index (χ1n) is 7.24. The van der Waals surface area contributed by atoms with Gasteiger partial charge in [0.1, 0.15) is 5.75 Å². The second-order valence-corrected chi connectivity index (χ2v) is 8.67. The van der Waals surface area contributed by atoms with Crippen LogP contribution in [-0.4, -0.2) is 25.8 Å². The van der Waals surface area contributed by atoms with E-state index in [-0.39, 0.29) is 5.75 Å². The molecule has 0 saturated carbocycles. The summed E-state index contributed by atoms with van der Waals surface area (Å²) in [4.78, 5) is 11.9. The van der Waals surface area contributed by atoms with Crippen molar-refractivity contribution in [2.75, 3.05) is 16.8 Å². The van der Waals surface area contributed by atoms with E-state index in [4.69, 9.17) is 0 Å². The summed E-state index contributed by atoms with van der Waals surface area (Å²) in [6, 6.07) is 16.9. The molecule has 0 aromatic heterocycles. The monoisotopic (exact) mass is 443 g/mol. The molecule has 122 valence electrons. The maximum Gasteiger partial charge on any atom is 0.239 e. The number of halogens is 1. The quantitative estimate of drug-likeness (QED) is 0.669. The van der Waals surface area contributed by atoms with Gasteiger partial charge in [-0.25, -0.2) is 8.42 Å². The van der Waals surface area contributed by atoms with Gasteiger partial charge in [-0.05, 0) is 65.3 Å². The number of hydrogen-bond acceptors (Lipinski definition) is 3. The third-order valence-electron chi connectivity index (χ3n) is 3.24. The molecule has 0 heterocycles. The fraction of sp³-hybridized carbons (Fsp3) is 0.235. The second kappa shape index (κ2) is 8.44. The highest BCUT2D eigenvalue weighted by molar-refractivity contribution is 14.1. The highest BCUT2D eigenvalue weighted by Gasteiger charge is 2.16. The van der Waals surface area contributed by atoms with Crippen molar-refractivity contribution in [2.24, 2.45) is 0 Å². The minimum Gasteiger partial charge on any atom is -0.325 e. The maximum atomic E-state index is 12.0. The molecule has 0 saturated heterocycles. The van der Waals surface area contributed by atoms with Crippen molar-refractivity contribution in [1.82, 2.24) is 0 Å². The molecule has 23 heavy (non-hydrogen) atoms. The van der Waals surface area contributed by atoms with Crippen LogP contribution >= 0.6 is 22.6 Å². The molecule has 0 fully saturated rings. The zero-order valence-electron chi connectivity index (χ0n) is 12.5. The van der Waals surface area contributed by atoms with E-state index in [2.05, 4.69) is 27.9 Å². The summed E-state index contributed by atoms with van der Waals surface area (Å²) in [5.74, 6) is -0.957. The summed E-state index contributed by atoms with van der Waals surface area (Å²) < 4.78 is 25.1. The van der Waals surface area contributed by atoms with Crippen molar-refractivity contribution in [3.63, 3.8) is 0 Å². The number of aryl methyl sites for hydroxylation is 1. The van der Waals surface area contributed by atoms with Crippen LogP contribution in [0.15, 0.2) is 54.6 Å². The molecule has 4 nitrogen and oxygen atoms in total. The smallest absolute Gasteiger partial charge is 0.239 e. The molecule has 1 N–H and O–H groups in total. The predicted molar refractivity (Wildman–Crippen MR) is 101 cm³/mol. The minimum atomic E-state index is -3.39. The summed E-state index contributed by atoms with van der Waals surface area (Å²) in [5.41, 5.74) is 1.71. The van der Waals surface area contributed by atoms with Crippen LogP contribution in [-0.2, 0) is 21.1 Å². The first-order valence-corrected chi connectivity index (χ1v) is 10.1. The molecule has 0 spiro atoms. The van der Waals surface area contributed by atoms with Crippen molar-refractivity contribution in [3.8, 4) is 0 Å². The molecule has 0 aliphatic heterocycles. The highest BCUT2D eigenvalue weighted by atomic mass is 127. The van der Waals surface area contributed by atoms with E-state index in [1.165, 1.54) is 0 Å². The average Bonchev–Trinajstić information content (AvgIpc) is 2.50. The fourth-order valence-corrected chi connectivity index (χ4v) is 3.70. The Kier molecular flexibility index (Phi) is 6.59. The average molecular weight is 443 g/mol. The molecule has 2 aromatic carbocycles. The molecule has 6 heteroatoms. The molecule has 0 bridgehead atoms. The van der Waals surface area contributed by atoms with Gasteiger partial charge in [0.2, 0.25) is 5.91 Å². The van der Waals surface area contributed by atoms with E-state index in [9.17, 15) is 13.2 Å². The van der Waals surface area contributed by atoms with E-state index < -0.39 is 21.5 Å². The number of rotatable bonds is 7. The predicted octanol–water partition coefficient (Wildman–Crippen LogP) is 3.28. The second-order valence-electron chi connectivity index (χ2n) is 5.24. The van der Waals surface area contributed by atoms with Gasteiger partial charge in [-0.15, -0.1) is 0 Å². The lowest BCUT2D eigenvalue weighted by Crippen LogP contribution is -2.24. The molecule has 2 aromatic rings. The maximum absolute atomic E-state index is 12.0. The van der Waals surface area contributed by atoms with Crippen LogP contribution in [0.2, 0.25) is 0 Å². The SMILES string of the molecule is O=C(CS(=O)(=O)CCCc1ccccc1)Nc1ccc(I)cc1. The lowest BCUT2D eigenvalue weighted by atomic mass is 10.1. The fourth-order valence-electron chi connectivity index (χ4n) is 2.14. The van der Waals surface area contributed by atoms with Crippen LogP contribution in [0.5, 0.6) is 0 Å². The Morgan fingerprint density at radius 1 is 1.00 bits per heavy atom. The number of anilines is 1. The van der Waals surface area contributed by atoms with Crippen molar-refractivity contribution in [1.29, 1.82) is 0 Å². The first kappa shape index (κ1) is 17.9. The third-order valence-corrected chi connectivity index (χ3v) is 5.57. The van der Waals surface area contributed by atoms with E-state index >= 15 is 0 Å². The Morgan fingerprint density at radius 2 is 1.65 bits per heavy atom. The van der Waals surface area contributed by atoms with E-state index in [0.29, 0.717) is 18.5 Å². The zero-order valence-corrected chi connectivity index (χ0v) is 15.5. The van der Waals surface area contributed by atoms with Crippen LogP contribution in [0, 0.1) is 3.57 Å². The number of benzene rings is 2. The largest absolute Gasteiger partial charge is 0.325 e. The Labute approximate surface area is 150 Å². The normalized spacial score (nSPS) is 11.2. The zero-order chi connectivity index (χ0) is 16.7. The summed E-state index contributed by atoms with van der Waals surface area (Å²) in [6.45, 7) is 0. The van der Waals surface area contributed by atoms with Gasteiger partial charge in [-0.2, -0.15) is 0 Å². The summed E-state index contributed by atoms with van der Waals surface area (Å²) in [6.07, 6.45) is 1.21. The minimum absolute atomic E-state index is 0.0159. The topological polar surface area (TPSA) is 63.2 Å². The van der Waals surface area contributed by atoms with Crippen LogP contribution in [0.4, 0.5) is 5.69 Å². The number of nitrogens with one attached hydrogen (secondary N) is 1. The third kappa shape index (κ3) is 6.70. The van der Waals surface area contributed by atoms with Crippen molar-refractivity contribution in [2.45, 2.75) is 12.8 Å². The summed E-state index contributed by atoms with van der Waals surface area (Å²) >= 11 is 2.16. The number of sulfone groups is 1. The van der Waals surface area contributed by atoms with Gasteiger partial charge in [0.25, 0.3) is 0 Å². The van der Waals surface area contributed by atoms with Crippen LogP contribution in [0.3, 0.4) is 0 Å². The Hall–Kier alpha value is -1.41. The van der Waals surface area contributed by atoms with Crippen LogP contribution in [0.25, 0.3) is 0 Å². The van der Waals surface area contributed by atoms with Gasteiger partial charge in [-0.3, -0.25) is 4.79 Å². The molecule has 0 radical (unpaired) electrons. The van der Waals surface area contributed by atoms with Crippen molar-refractivity contribution >= 4 is 44.0 Å². The molecular formula is C17H18INO3S. The van der Waals surface area contributed by atoms with Gasteiger partial charge < -0.3 is 5.32 Å². The Morgan fingerprint density at radius 3 is 2.30 bits per heavy atom. The molecule has 0 unspecified atom stereocenters. The molecular weight excluding hydrogens is 425 g/mol. The number of hydrogen-bond donors (Lipinski definition) is 1. The highest BCUT2D eigenvalue weighted by Crippen LogP contribution is 2.11. The van der Waals surface area contributed by atoms with Gasteiger partial charge >= 0.3 is 0 Å². The Balaban J connectivity index is 1.80. The van der Waals surface area contributed by atoms with Crippen LogP contribution < -0.4 is 5.32 Å². The lowest BCUT2D eigenvalue weighted by Gasteiger charge is -2.07. The summed E-state index contributed by atoms with van der Waals surface area (Å²) in [5, 5.41) is 2.61.